The largest absolute Gasteiger partial charge is 0.444 e. The lowest BCUT2D eigenvalue weighted by atomic mass is 9.90. The number of carbonyl (C=O) groups is 1. The number of alkyl carbamates (subject to hydrolysis) is 1. The number of nitrogens with one attached hydrogen (secondary N) is 2. The van der Waals surface area contributed by atoms with Gasteiger partial charge < -0.3 is 15.4 Å². The second kappa shape index (κ2) is 7.13. The van der Waals surface area contributed by atoms with Crippen molar-refractivity contribution in [2.45, 2.75) is 64.1 Å². The fraction of sp³-hybridized carbons (Fsp3) is 0.667. The van der Waals surface area contributed by atoms with E-state index in [2.05, 4.69) is 20.6 Å². The van der Waals surface area contributed by atoms with Gasteiger partial charge in [-0.05, 0) is 33.6 Å². The van der Waals surface area contributed by atoms with Crippen LogP contribution in [0.5, 0.6) is 0 Å². The molecule has 0 saturated heterocycles. The summed E-state index contributed by atoms with van der Waals surface area (Å²) in [5.74, 6) is 0.669. The van der Waals surface area contributed by atoms with Crippen LogP contribution >= 0.6 is 11.6 Å². The molecule has 22 heavy (non-hydrogen) atoms. The number of carbonyl (C=O) groups excluding carboxylic acids is 1. The quantitative estimate of drug-likeness (QED) is 0.833. The number of amides is 1. The standard InChI is InChI=1S/C15H23ClN4O2/c1-15(2,3)22-14(21)20-11-7-5-4-6-10(11)19-13-8-12(16)17-9-18-13/h8-11H,4-7H2,1-3H3,(H,20,21)(H,17,18,19)/t10-,11-/m0/s1. The molecule has 1 aromatic heterocycles. The zero-order valence-electron chi connectivity index (χ0n) is 13.2. The molecular weight excluding hydrogens is 304 g/mol. The molecule has 0 bridgehead atoms. The Morgan fingerprint density at radius 3 is 2.59 bits per heavy atom. The number of hydrogen-bond donors (Lipinski definition) is 2. The normalized spacial score (nSPS) is 22.0. The summed E-state index contributed by atoms with van der Waals surface area (Å²) in [6, 6.07) is 1.80. The third kappa shape index (κ3) is 5.33. The minimum absolute atomic E-state index is 0.0114. The van der Waals surface area contributed by atoms with Gasteiger partial charge in [0.25, 0.3) is 0 Å². The molecular formula is C15H23ClN4O2. The summed E-state index contributed by atoms with van der Waals surface area (Å²) in [5, 5.41) is 6.69. The Morgan fingerprint density at radius 1 is 1.27 bits per heavy atom. The highest BCUT2D eigenvalue weighted by Gasteiger charge is 2.28. The number of hydrogen-bond acceptors (Lipinski definition) is 5. The fourth-order valence-electron chi connectivity index (χ4n) is 2.54. The van der Waals surface area contributed by atoms with Crippen LogP contribution in [0, 0.1) is 0 Å². The molecule has 1 aliphatic rings. The van der Waals surface area contributed by atoms with E-state index in [1.807, 2.05) is 20.8 Å². The molecule has 0 aromatic carbocycles. The first-order valence-electron chi connectivity index (χ1n) is 7.57. The van der Waals surface area contributed by atoms with E-state index >= 15 is 0 Å². The highest BCUT2D eigenvalue weighted by atomic mass is 35.5. The van der Waals surface area contributed by atoms with Gasteiger partial charge in [-0.1, -0.05) is 24.4 Å². The second-order valence-electron chi connectivity index (χ2n) is 6.51. The maximum Gasteiger partial charge on any atom is 0.407 e. The molecule has 2 N–H and O–H groups in total. The zero-order valence-corrected chi connectivity index (χ0v) is 14.0. The third-order valence-electron chi connectivity index (χ3n) is 3.44. The number of anilines is 1. The van der Waals surface area contributed by atoms with Gasteiger partial charge in [0.05, 0.1) is 6.04 Å². The highest BCUT2D eigenvalue weighted by Crippen LogP contribution is 2.22. The molecule has 7 heteroatoms. The van der Waals surface area contributed by atoms with Gasteiger partial charge in [0, 0.05) is 12.1 Å². The number of rotatable bonds is 3. The SMILES string of the molecule is CC(C)(C)OC(=O)N[C@H]1CCCC[C@@H]1Nc1cc(Cl)ncn1. The number of halogens is 1. The van der Waals surface area contributed by atoms with Crippen LogP contribution in [0.15, 0.2) is 12.4 Å². The van der Waals surface area contributed by atoms with Crippen LogP contribution in [-0.2, 0) is 4.74 Å². The summed E-state index contributed by atoms with van der Waals surface area (Å²) >= 11 is 5.88. The van der Waals surface area contributed by atoms with Crippen LogP contribution < -0.4 is 10.6 Å². The molecule has 122 valence electrons. The van der Waals surface area contributed by atoms with Crippen molar-refractivity contribution in [1.82, 2.24) is 15.3 Å². The van der Waals surface area contributed by atoms with E-state index in [0.29, 0.717) is 11.0 Å². The van der Waals surface area contributed by atoms with Gasteiger partial charge in [-0.3, -0.25) is 0 Å². The Morgan fingerprint density at radius 2 is 1.95 bits per heavy atom. The molecule has 1 aromatic rings. The lowest BCUT2D eigenvalue weighted by Gasteiger charge is -2.33. The molecule has 2 rings (SSSR count). The third-order valence-corrected chi connectivity index (χ3v) is 3.64. The van der Waals surface area contributed by atoms with Crippen LogP contribution in [0.3, 0.4) is 0 Å². The summed E-state index contributed by atoms with van der Waals surface area (Å²) in [5.41, 5.74) is -0.498. The Labute approximate surface area is 136 Å². The van der Waals surface area contributed by atoms with E-state index in [1.165, 1.54) is 6.33 Å². The van der Waals surface area contributed by atoms with E-state index in [-0.39, 0.29) is 18.2 Å². The van der Waals surface area contributed by atoms with Crippen molar-refractivity contribution >= 4 is 23.5 Å². The summed E-state index contributed by atoms with van der Waals surface area (Å²) in [4.78, 5) is 20.0. The first-order chi connectivity index (χ1) is 10.3. The van der Waals surface area contributed by atoms with Crippen molar-refractivity contribution in [3.8, 4) is 0 Å². The Hall–Kier alpha value is -1.56. The molecule has 2 atom stereocenters. The second-order valence-corrected chi connectivity index (χ2v) is 6.90. The lowest BCUT2D eigenvalue weighted by molar-refractivity contribution is 0.0488. The first kappa shape index (κ1) is 16.8. The lowest BCUT2D eigenvalue weighted by Crippen LogP contribution is -2.49. The van der Waals surface area contributed by atoms with E-state index in [1.54, 1.807) is 6.07 Å². The molecule has 1 saturated carbocycles. The number of aromatic nitrogens is 2. The van der Waals surface area contributed by atoms with Crippen LogP contribution in [0.25, 0.3) is 0 Å². The molecule has 1 aliphatic carbocycles. The van der Waals surface area contributed by atoms with Gasteiger partial charge in [0.15, 0.2) is 0 Å². The Kier molecular flexibility index (Phi) is 5.45. The van der Waals surface area contributed by atoms with Crippen LogP contribution in [0.4, 0.5) is 10.6 Å². The van der Waals surface area contributed by atoms with E-state index in [4.69, 9.17) is 16.3 Å². The molecule has 6 nitrogen and oxygen atoms in total. The van der Waals surface area contributed by atoms with Gasteiger partial charge in [-0.25, -0.2) is 14.8 Å². The van der Waals surface area contributed by atoms with E-state index < -0.39 is 5.60 Å². The zero-order chi connectivity index (χ0) is 16.2. The highest BCUT2D eigenvalue weighted by molar-refractivity contribution is 6.29. The monoisotopic (exact) mass is 326 g/mol. The predicted molar refractivity (Wildman–Crippen MR) is 86.1 cm³/mol. The molecule has 0 spiro atoms. The average Bonchev–Trinajstić information content (AvgIpc) is 2.39. The molecule has 1 amide bonds. The molecule has 0 aliphatic heterocycles. The van der Waals surface area contributed by atoms with Crippen molar-refractivity contribution in [2.24, 2.45) is 0 Å². The molecule has 0 unspecified atom stereocenters. The smallest absolute Gasteiger partial charge is 0.407 e. The summed E-state index contributed by atoms with van der Waals surface area (Å²) in [6.45, 7) is 5.56. The Bertz CT molecular complexity index is 519. The molecule has 1 fully saturated rings. The van der Waals surface area contributed by atoms with Crippen molar-refractivity contribution in [2.75, 3.05) is 5.32 Å². The number of ether oxygens (including phenoxy) is 1. The summed E-state index contributed by atoms with van der Waals surface area (Å²) < 4.78 is 5.33. The summed E-state index contributed by atoms with van der Waals surface area (Å²) in [7, 11) is 0. The molecule has 0 radical (unpaired) electrons. The minimum Gasteiger partial charge on any atom is -0.444 e. The maximum absolute atomic E-state index is 12.0. The number of nitrogens with zero attached hydrogens (tertiary/aromatic N) is 2. The first-order valence-corrected chi connectivity index (χ1v) is 7.95. The average molecular weight is 327 g/mol. The molecule has 1 heterocycles. The minimum atomic E-state index is -0.498. The van der Waals surface area contributed by atoms with E-state index in [9.17, 15) is 4.79 Å². The van der Waals surface area contributed by atoms with Gasteiger partial charge in [-0.15, -0.1) is 0 Å². The van der Waals surface area contributed by atoms with Crippen LogP contribution in [-0.4, -0.2) is 33.7 Å². The van der Waals surface area contributed by atoms with Gasteiger partial charge in [0.2, 0.25) is 0 Å². The van der Waals surface area contributed by atoms with Crippen molar-refractivity contribution < 1.29 is 9.53 Å². The van der Waals surface area contributed by atoms with Crippen molar-refractivity contribution in [3.05, 3.63) is 17.5 Å². The van der Waals surface area contributed by atoms with Crippen molar-refractivity contribution in [3.63, 3.8) is 0 Å². The Balaban J connectivity index is 1.97. The fourth-order valence-corrected chi connectivity index (χ4v) is 2.68. The van der Waals surface area contributed by atoms with Crippen molar-refractivity contribution in [1.29, 1.82) is 0 Å². The summed E-state index contributed by atoms with van der Waals surface area (Å²) in [6.07, 6.45) is 5.11. The van der Waals surface area contributed by atoms with Crippen LogP contribution in [0.1, 0.15) is 46.5 Å². The van der Waals surface area contributed by atoms with Gasteiger partial charge in [-0.2, -0.15) is 0 Å². The van der Waals surface area contributed by atoms with Crippen LogP contribution in [0.2, 0.25) is 5.15 Å². The maximum atomic E-state index is 12.0. The van der Waals surface area contributed by atoms with Gasteiger partial charge in [0.1, 0.15) is 22.9 Å². The van der Waals surface area contributed by atoms with Gasteiger partial charge >= 0.3 is 6.09 Å². The topological polar surface area (TPSA) is 76.1 Å². The van der Waals surface area contributed by atoms with E-state index in [0.717, 1.165) is 25.7 Å². The predicted octanol–water partition coefficient (Wildman–Crippen LogP) is 3.38.